The number of hydrogen-bond donors (Lipinski definition) is 1. The van der Waals surface area contributed by atoms with E-state index >= 15 is 0 Å². The van der Waals surface area contributed by atoms with E-state index in [1.807, 2.05) is 13.8 Å². The van der Waals surface area contributed by atoms with E-state index < -0.39 is 24.6 Å². The Morgan fingerprint density at radius 3 is 2.24 bits per heavy atom. The molecule has 1 heterocycles. The van der Waals surface area contributed by atoms with Crippen LogP contribution in [0.5, 0.6) is 6.01 Å². The van der Waals surface area contributed by atoms with Crippen molar-refractivity contribution in [2.24, 2.45) is 0 Å². The summed E-state index contributed by atoms with van der Waals surface area (Å²) >= 11 is 0. The zero-order valence-corrected chi connectivity index (χ0v) is 13.6. The summed E-state index contributed by atoms with van der Waals surface area (Å²) in [5.74, 6) is -0.235. The molecule has 2 rings (SSSR count). The molecule has 0 aliphatic carbocycles. The zero-order chi connectivity index (χ0) is 18.4. The summed E-state index contributed by atoms with van der Waals surface area (Å²) in [7, 11) is 0. The van der Waals surface area contributed by atoms with Gasteiger partial charge in [-0.15, -0.1) is 0 Å². The number of alkyl halides is 3. The SMILES string of the molecule is CCN(CC)c1nc(Nc2ccc(F)cc2)nc(OCC(F)(F)F)n1. The topological polar surface area (TPSA) is 63.2 Å². The van der Waals surface area contributed by atoms with Crippen LogP contribution in [0.15, 0.2) is 24.3 Å². The molecule has 1 N–H and O–H groups in total. The lowest BCUT2D eigenvalue weighted by molar-refractivity contribution is -0.154. The van der Waals surface area contributed by atoms with Gasteiger partial charge in [0, 0.05) is 18.8 Å². The molecule has 0 saturated heterocycles. The van der Waals surface area contributed by atoms with Crippen LogP contribution >= 0.6 is 0 Å². The number of aromatic nitrogens is 3. The first-order valence-electron chi connectivity index (χ1n) is 7.54. The minimum absolute atomic E-state index is 0.000632. The third-order valence-corrected chi connectivity index (χ3v) is 3.11. The molecule has 25 heavy (non-hydrogen) atoms. The Morgan fingerprint density at radius 1 is 1.04 bits per heavy atom. The Kier molecular flexibility index (Phi) is 5.94. The van der Waals surface area contributed by atoms with Crippen molar-refractivity contribution in [2.75, 3.05) is 29.9 Å². The summed E-state index contributed by atoms with van der Waals surface area (Å²) in [6.07, 6.45) is -4.51. The van der Waals surface area contributed by atoms with E-state index in [4.69, 9.17) is 0 Å². The highest BCUT2D eigenvalue weighted by Crippen LogP contribution is 2.21. The Bertz CT molecular complexity index is 689. The molecule has 2 aromatic rings. The number of rotatable bonds is 7. The van der Waals surface area contributed by atoms with Crippen LogP contribution in [0.3, 0.4) is 0 Å². The van der Waals surface area contributed by atoms with Gasteiger partial charge in [-0.3, -0.25) is 0 Å². The summed E-state index contributed by atoms with van der Waals surface area (Å²) in [4.78, 5) is 13.7. The largest absolute Gasteiger partial charge is 0.454 e. The quantitative estimate of drug-likeness (QED) is 0.763. The number of anilines is 3. The number of ether oxygens (including phenoxy) is 1. The van der Waals surface area contributed by atoms with Crippen molar-refractivity contribution < 1.29 is 22.3 Å². The number of benzene rings is 1. The molecule has 0 aliphatic rings. The van der Waals surface area contributed by atoms with Crippen molar-refractivity contribution in [2.45, 2.75) is 20.0 Å². The number of hydrogen-bond acceptors (Lipinski definition) is 6. The van der Waals surface area contributed by atoms with Gasteiger partial charge in [0.25, 0.3) is 0 Å². The van der Waals surface area contributed by atoms with Gasteiger partial charge in [0.1, 0.15) is 5.82 Å². The lowest BCUT2D eigenvalue weighted by Crippen LogP contribution is -2.26. The van der Waals surface area contributed by atoms with E-state index in [-0.39, 0.29) is 11.9 Å². The van der Waals surface area contributed by atoms with E-state index in [9.17, 15) is 17.6 Å². The Balaban J connectivity index is 2.29. The fraction of sp³-hybridized carbons (Fsp3) is 0.400. The fourth-order valence-corrected chi connectivity index (χ4v) is 1.92. The smallest absolute Gasteiger partial charge is 0.422 e. The lowest BCUT2D eigenvalue weighted by atomic mass is 10.3. The molecule has 0 unspecified atom stereocenters. The Labute approximate surface area is 141 Å². The molecular weight excluding hydrogens is 342 g/mol. The standard InChI is InChI=1S/C15H17F4N5O/c1-3-24(4-2)13-21-12(20-11-7-5-10(16)6-8-11)22-14(23-13)25-9-15(17,18)19/h5-8H,3-4,9H2,1-2H3,(H,20,21,22,23). The molecule has 0 radical (unpaired) electrons. The van der Waals surface area contributed by atoms with Crippen LogP contribution in [0.1, 0.15) is 13.8 Å². The predicted octanol–water partition coefficient (Wildman–Crippen LogP) is 3.54. The molecule has 1 aromatic heterocycles. The maximum Gasteiger partial charge on any atom is 0.422 e. The van der Waals surface area contributed by atoms with Crippen molar-refractivity contribution in [3.05, 3.63) is 30.1 Å². The summed E-state index contributed by atoms with van der Waals surface area (Å²) in [6.45, 7) is 3.31. The molecule has 10 heteroatoms. The number of nitrogens with one attached hydrogen (secondary N) is 1. The lowest BCUT2D eigenvalue weighted by Gasteiger charge is -2.19. The first-order valence-corrected chi connectivity index (χ1v) is 7.54. The second-order valence-corrected chi connectivity index (χ2v) is 4.95. The maximum absolute atomic E-state index is 13.0. The molecule has 0 amide bonds. The second-order valence-electron chi connectivity index (χ2n) is 4.95. The average molecular weight is 359 g/mol. The average Bonchev–Trinajstić information content (AvgIpc) is 2.56. The number of halogens is 4. The normalized spacial score (nSPS) is 11.3. The summed E-state index contributed by atoms with van der Waals surface area (Å²) in [5.41, 5.74) is 0.472. The molecule has 6 nitrogen and oxygen atoms in total. The van der Waals surface area contributed by atoms with Crippen LogP contribution in [0.4, 0.5) is 35.1 Å². The molecule has 0 atom stereocenters. The van der Waals surface area contributed by atoms with E-state index in [0.29, 0.717) is 18.8 Å². The van der Waals surface area contributed by atoms with E-state index in [1.54, 1.807) is 4.90 Å². The summed E-state index contributed by atoms with van der Waals surface area (Å²) in [5, 5.41) is 2.80. The van der Waals surface area contributed by atoms with E-state index in [1.165, 1.54) is 24.3 Å². The van der Waals surface area contributed by atoms with E-state index in [0.717, 1.165) is 0 Å². The first-order chi connectivity index (χ1) is 11.8. The van der Waals surface area contributed by atoms with Gasteiger partial charge in [0.15, 0.2) is 6.61 Å². The molecule has 136 valence electrons. The highest BCUT2D eigenvalue weighted by atomic mass is 19.4. The van der Waals surface area contributed by atoms with Crippen LogP contribution in [-0.4, -0.2) is 40.8 Å². The minimum atomic E-state index is -4.51. The molecule has 0 saturated carbocycles. The highest BCUT2D eigenvalue weighted by molar-refractivity contribution is 5.54. The molecule has 1 aromatic carbocycles. The van der Waals surface area contributed by atoms with Crippen molar-refractivity contribution >= 4 is 17.6 Å². The summed E-state index contributed by atoms with van der Waals surface area (Å²) < 4.78 is 54.7. The Morgan fingerprint density at radius 2 is 1.68 bits per heavy atom. The van der Waals surface area contributed by atoms with E-state index in [2.05, 4.69) is 25.0 Å². The van der Waals surface area contributed by atoms with Crippen LogP contribution in [0.25, 0.3) is 0 Å². The van der Waals surface area contributed by atoms with Crippen molar-refractivity contribution in [1.82, 2.24) is 15.0 Å². The minimum Gasteiger partial charge on any atom is -0.454 e. The van der Waals surface area contributed by atoms with Crippen LogP contribution < -0.4 is 15.0 Å². The molecule has 0 spiro atoms. The zero-order valence-electron chi connectivity index (χ0n) is 13.6. The number of nitrogens with zero attached hydrogens (tertiary/aromatic N) is 4. The van der Waals surface area contributed by atoms with Crippen LogP contribution in [0, 0.1) is 5.82 Å². The third kappa shape index (κ3) is 5.73. The molecule has 0 bridgehead atoms. The van der Waals surface area contributed by atoms with Crippen molar-refractivity contribution in [3.63, 3.8) is 0 Å². The molecule has 0 aliphatic heterocycles. The predicted molar refractivity (Wildman–Crippen MR) is 84.6 cm³/mol. The van der Waals surface area contributed by atoms with Crippen LogP contribution in [0.2, 0.25) is 0 Å². The molecule has 0 fully saturated rings. The van der Waals surface area contributed by atoms with Crippen molar-refractivity contribution in [3.8, 4) is 6.01 Å². The Hall–Kier alpha value is -2.65. The van der Waals surface area contributed by atoms with Gasteiger partial charge in [-0.2, -0.15) is 28.1 Å². The van der Waals surface area contributed by atoms with Gasteiger partial charge in [-0.05, 0) is 38.1 Å². The first kappa shape index (κ1) is 18.7. The van der Waals surface area contributed by atoms with Crippen molar-refractivity contribution in [1.29, 1.82) is 0 Å². The van der Waals surface area contributed by atoms with Gasteiger partial charge >= 0.3 is 12.2 Å². The van der Waals surface area contributed by atoms with Gasteiger partial charge < -0.3 is 15.0 Å². The van der Waals surface area contributed by atoms with Crippen LogP contribution in [-0.2, 0) is 0 Å². The third-order valence-electron chi connectivity index (χ3n) is 3.11. The van der Waals surface area contributed by atoms with Gasteiger partial charge in [-0.1, -0.05) is 0 Å². The second kappa shape index (κ2) is 7.95. The highest BCUT2D eigenvalue weighted by Gasteiger charge is 2.29. The summed E-state index contributed by atoms with van der Waals surface area (Å²) in [6, 6.07) is 4.92. The van der Waals surface area contributed by atoms with Gasteiger partial charge in [0.05, 0.1) is 0 Å². The molecular formula is C15H17F4N5O. The fourth-order valence-electron chi connectivity index (χ4n) is 1.92. The van der Waals surface area contributed by atoms with Gasteiger partial charge in [-0.25, -0.2) is 4.39 Å². The van der Waals surface area contributed by atoms with Gasteiger partial charge in [0.2, 0.25) is 11.9 Å². The maximum atomic E-state index is 13.0. The monoisotopic (exact) mass is 359 g/mol.